The van der Waals surface area contributed by atoms with Gasteiger partial charge in [0.05, 0.1) is 12.7 Å². The first-order chi connectivity index (χ1) is 9.27. The molecule has 0 amide bonds. The zero-order chi connectivity index (χ0) is 13.2. The van der Waals surface area contributed by atoms with Crippen LogP contribution in [0.2, 0.25) is 0 Å². The van der Waals surface area contributed by atoms with E-state index in [2.05, 4.69) is 36.1 Å². The van der Waals surface area contributed by atoms with Gasteiger partial charge in [0, 0.05) is 24.7 Å². The minimum Gasteiger partial charge on any atom is -0.375 e. The zero-order valence-electron chi connectivity index (χ0n) is 11.7. The lowest BCUT2D eigenvalue weighted by Gasteiger charge is -2.43. The van der Waals surface area contributed by atoms with Crippen molar-refractivity contribution in [2.75, 3.05) is 13.2 Å². The van der Waals surface area contributed by atoms with Gasteiger partial charge in [-0.15, -0.1) is 0 Å². The number of benzene rings is 1. The Kier molecular flexibility index (Phi) is 3.87. The Hall–Kier alpha value is -0.900. The molecule has 3 heteroatoms. The molecule has 2 aliphatic rings. The summed E-state index contributed by atoms with van der Waals surface area (Å²) in [5.74, 6) is 0. The fraction of sp³-hybridized carbons (Fsp3) is 0.625. The van der Waals surface area contributed by atoms with Crippen molar-refractivity contribution in [1.82, 2.24) is 4.90 Å². The van der Waals surface area contributed by atoms with Gasteiger partial charge in [0.15, 0.2) is 0 Å². The summed E-state index contributed by atoms with van der Waals surface area (Å²) in [4.78, 5) is 2.58. The van der Waals surface area contributed by atoms with Crippen LogP contribution in [0.15, 0.2) is 30.3 Å². The smallest absolute Gasteiger partial charge is 0.0731 e. The minimum absolute atomic E-state index is 0.0838. The molecular formula is C16H24N2O. The van der Waals surface area contributed by atoms with Gasteiger partial charge < -0.3 is 10.5 Å². The normalized spacial score (nSPS) is 30.8. The van der Waals surface area contributed by atoms with E-state index in [1.165, 1.54) is 24.8 Å². The molecular weight excluding hydrogens is 236 g/mol. The lowest BCUT2D eigenvalue weighted by Crippen LogP contribution is -2.54. The van der Waals surface area contributed by atoms with Gasteiger partial charge in [-0.1, -0.05) is 30.3 Å². The second kappa shape index (κ2) is 5.61. The third-order valence-electron chi connectivity index (χ3n) is 4.75. The van der Waals surface area contributed by atoms with Crippen LogP contribution in [0.25, 0.3) is 0 Å². The molecule has 1 saturated heterocycles. The summed E-state index contributed by atoms with van der Waals surface area (Å²) in [5, 5.41) is 0. The number of fused-ring (bicyclic) bond motifs is 1. The third-order valence-corrected chi connectivity index (χ3v) is 4.75. The van der Waals surface area contributed by atoms with E-state index in [4.69, 9.17) is 10.5 Å². The quantitative estimate of drug-likeness (QED) is 0.906. The van der Waals surface area contributed by atoms with Gasteiger partial charge in [0.25, 0.3) is 0 Å². The minimum atomic E-state index is 0.0838. The number of nitrogens with zero attached hydrogens (tertiary/aromatic N) is 1. The lowest BCUT2D eigenvalue weighted by molar-refractivity contribution is -0.0725. The maximum atomic E-state index is 6.47. The van der Waals surface area contributed by atoms with Crippen LogP contribution >= 0.6 is 0 Å². The van der Waals surface area contributed by atoms with E-state index in [-0.39, 0.29) is 6.04 Å². The van der Waals surface area contributed by atoms with Gasteiger partial charge in [-0.05, 0) is 31.7 Å². The van der Waals surface area contributed by atoms with Crippen LogP contribution in [0.3, 0.4) is 0 Å². The fourth-order valence-electron chi connectivity index (χ4n) is 3.62. The van der Waals surface area contributed by atoms with Crippen LogP contribution in [0.4, 0.5) is 0 Å². The molecule has 0 spiro atoms. The van der Waals surface area contributed by atoms with Gasteiger partial charge in [0.1, 0.15) is 0 Å². The Labute approximate surface area is 115 Å². The molecule has 3 rings (SSSR count). The molecule has 3 nitrogen and oxygen atoms in total. The highest BCUT2D eigenvalue weighted by Gasteiger charge is 2.39. The van der Waals surface area contributed by atoms with Crippen molar-refractivity contribution < 1.29 is 4.74 Å². The molecule has 2 N–H and O–H groups in total. The van der Waals surface area contributed by atoms with Crippen molar-refractivity contribution in [3.8, 4) is 0 Å². The molecule has 1 aliphatic heterocycles. The summed E-state index contributed by atoms with van der Waals surface area (Å²) in [7, 11) is 0. The van der Waals surface area contributed by atoms with Gasteiger partial charge >= 0.3 is 0 Å². The van der Waals surface area contributed by atoms with Gasteiger partial charge in [-0.3, -0.25) is 4.90 Å². The maximum Gasteiger partial charge on any atom is 0.0731 e. The van der Waals surface area contributed by atoms with Crippen molar-refractivity contribution in [3.05, 3.63) is 35.9 Å². The first kappa shape index (κ1) is 13.1. The molecule has 1 saturated carbocycles. The van der Waals surface area contributed by atoms with Crippen LogP contribution < -0.4 is 5.73 Å². The van der Waals surface area contributed by atoms with Crippen LogP contribution in [0.5, 0.6) is 0 Å². The first-order valence-corrected chi connectivity index (χ1v) is 7.45. The average Bonchev–Trinajstić information content (AvgIpc) is 2.95. The average molecular weight is 260 g/mol. The topological polar surface area (TPSA) is 38.5 Å². The molecule has 0 aromatic heterocycles. The summed E-state index contributed by atoms with van der Waals surface area (Å²) < 4.78 is 5.89. The summed E-state index contributed by atoms with van der Waals surface area (Å²) in [5.41, 5.74) is 7.70. The van der Waals surface area contributed by atoms with Crippen LogP contribution in [0, 0.1) is 0 Å². The second-order valence-corrected chi connectivity index (χ2v) is 5.82. The molecule has 1 aromatic rings. The van der Waals surface area contributed by atoms with E-state index in [0.29, 0.717) is 18.2 Å². The largest absolute Gasteiger partial charge is 0.375 e. The van der Waals surface area contributed by atoms with E-state index in [0.717, 1.165) is 13.2 Å². The monoisotopic (exact) mass is 260 g/mol. The molecule has 1 heterocycles. The predicted molar refractivity (Wildman–Crippen MR) is 76.9 cm³/mol. The van der Waals surface area contributed by atoms with E-state index < -0.39 is 0 Å². The van der Waals surface area contributed by atoms with E-state index in [9.17, 15) is 0 Å². The number of ether oxygens (including phenoxy) is 1. The van der Waals surface area contributed by atoms with E-state index >= 15 is 0 Å². The van der Waals surface area contributed by atoms with Crippen molar-refractivity contribution >= 4 is 0 Å². The Morgan fingerprint density at radius 1 is 1.26 bits per heavy atom. The van der Waals surface area contributed by atoms with Gasteiger partial charge in [-0.25, -0.2) is 0 Å². The van der Waals surface area contributed by atoms with Crippen LogP contribution in [-0.2, 0) is 4.74 Å². The van der Waals surface area contributed by atoms with Crippen molar-refractivity contribution in [1.29, 1.82) is 0 Å². The Morgan fingerprint density at radius 3 is 2.84 bits per heavy atom. The molecule has 4 atom stereocenters. The predicted octanol–water partition coefficient (Wildman–Crippen LogP) is 2.33. The van der Waals surface area contributed by atoms with Crippen molar-refractivity contribution in [3.63, 3.8) is 0 Å². The lowest BCUT2D eigenvalue weighted by atomic mass is 9.97. The Balaban J connectivity index is 1.74. The highest BCUT2D eigenvalue weighted by Crippen LogP contribution is 2.33. The van der Waals surface area contributed by atoms with Gasteiger partial charge in [0.2, 0.25) is 0 Å². The van der Waals surface area contributed by atoms with E-state index in [1.807, 2.05) is 6.07 Å². The van der Waals surface area contributed by atoms with E-state index in [1.54, 1.807) is 0 Å². The Bertz CT molecular complexity index is 408. The van der Waals surface area contributed by atoms with Crippen molar-refractivity contribution in [2.45, 2.75) is 50.4 Å². The first-order valence-electron chi connectivity index (χ1n) is 7.45. The summed E-state index contributed by atoms with van der Waals surface area (Å²) in [6.07, 6.45) is 4.21. The maximum absolute atomic E-state index is 6.47. The fourth-order valence-corrected chi connectivity index (χ4v) is 3.62. The standard InChI is InChI=1S/C16H24N2O/c1-12(16(17)13-6-3-2-4-7-13)18-10-11-19-15-9-5-8-14(15)18/h2-4,6-7,12,14-16H,5,8-11,17H2,1H3. The highest BCUT2D eigenvalue weighted by molar-refractivity contribution is 5.20. The molecule has 0 bridgehead atoms. The van der Waals surface area contributed by atoms with Crippen LogP contribution in [0.1, 0.15) is 37.8 Å². The van der Waals surface area contributed by atoms with Gasteiger partial charge in [-0.2, -0.15) is 0 Å². The molecule has 4 unspecified atom stereocenters. The molecule has 1 aromatic carbocycles. The zero-order valence-corrected chi connectivity index (χ0v) is 11.7. The number of hydrogen-bond acceptors (Lipinski definition) is 3. The molecule has 0 radical (unpaired) electrons. The number of hydrogen-bond donors (Lipinski definition) is 1. The molecule has 1 aliphatic carbocycles. The van der Waals surface area contributed by atoms with Crippen molar-refractivity contribution in [2.24, 2.45) is 5.73 Å². The summed E-state index contributed by atoms with van der Waals surface area (Å²) >= 11 is 0. The molecule has 2 fully saturated rings. The third kappa shape index (κ3) is 2.55. The summed E-state index contributed by atoms with van der Waals surface area (Å²) in [6.45, 7) is 4.13. The number of nitrogens with two attached hydrogens (primary N) is 1. The number of rotatable bonds is 3. The SMILES string of the molecule is CC(C(N)c1ccccc1)N1CCOC2CCCC21. The van der Waals surface area contributed by atoms with Crippen LogP contribution in [-0.4, -0.2) is 36.2 Å². The number of morpholine rings is 1. The molecule has 104 valence electrons. The Morgan fingerprint density at radius 2 is 2.05 bits per heavy atom. The highest BCUT2D eigenvalue weighted by atomic mass is 16.5. The second-order valence-electron chi connectivity index (χ2n) is 5.82. The summed E-state index contributed by atoms with van der Waals surface area (Å²) in [6, 6.07) is 11.5. The molecule has 19 heavy (non-hydrogen) atoms.